The lowest BCUT2D eigenvalue weighted by Crippen LogP contribution is -2.03. The predicted octanol–water partition coefficient (Wildman–Crippen LogP) is 2.49. The first kappa shape index (κ1) is 11.9. The largest absolute Gasteiger partial charge is 0.507 e. The molecule has 0 aliphatic carbocycles. The molecule has 0 bridgehead atoms. The summed E-state index contributed by atoms with van der Waals surface area (Å²) in [4.78, 5) is 11.9. The molecule has 18 heavy (non-hydrogen) atoms. The minimum Gasteiger partial charge on any atom is -0.507 e. The maximum absolute atomic E-state index is 11.9. The zero-order valence-corrected chi connectivity index (χ0v) is 9.55. The Morgan fingerprint density at radius 3 is 2.61 bits per heavy atom. The van der Waals surface area contributed by atoms with Gasteiger partial charge in [0.1, 0.15) is 5.75 Å². The summed E-state index contributed by atoms with van der Waals surface area (Å²) in [5.41, 5.74) is 1.63. The number of phenols is 1. The normalized spacial score (nSPS) is 9.72. The van der Waals surface area contributed by atoms with Crippen molar-refractivity contribution in [3.05, 3.63) is 65.2 Å². The van der Waals surface area contributed by atoms with Crippen LogP contribution in [0.4, 0.5) is 0 Å². The molecule has 2 aromatic carbocycles. The fraction of sp³-hybridized carbons (Fsp3) is 0.0667. The fourth-order valence-corrected chi connectivity index (χ4v) is 1.62. The molecule has 0 aromatic heterocycles. The molecule has 0 atom stereocenters. The maximum Gasteiger partial charge on any atom is 0.170 e. The number of ketones is 1. The van der Waals surface area contributed by atoms with Crippen molar-refractivity contribution < 1.29 is 9.90 Å². The third-order valence-electron chi connectivity index (χ3n) is 2.59. The molecule has 3 nitrogen and oxygen atoms in total. The molecule has 2 aromatic rings. The summed E-state index contributed by atoms with van der Waals surface area (Å²) >= 11 is 0. The number of benzene rings is 2. The molecular weight excluding hydrogens is 226 g/mol. The van der Waals surface area contributed by atoms with Gasteiger partial charge in [0.2, 0.25) is 0 Å². The number of carbonyl (C=O) groups excluding carboxylic acids is 1. The van der Waals surface area contributed by atoms with Crippen molar-refractivity contribution in [2.75, 3.05) is 0 Å². The van der Waals surface area contributed by atoms with E-state index in [1.54, 1.807) is 30.3 Å². The van der Waals surface area contributed by atoms with Gasteiger partial charge in [0.25, 0.3) is 0 Å². The second-order valence-corrected chi connectivity index (χ2v) is 3.85. The van der Waals surface area contributed by atoms with Crippen molar-refractivity contribution >= 4 is 5.78 Å². The zero-order chi connectivity index (χ0) is 13.0. The van der Waals surface area contributed by atoms with Crippen LogP contribution in [0.25, 0.3) is 0 Å². The van der Waals surface area contributed by atoms with Gasteiger partial charge in [-0.3, -0.25) is 4.79 Å². The van der Waals surface area contributed by atoms with Crippen molar-refractivity contribution in [2.24, 2.45) is 0 Å². The Labute approximate surface area is 105 Å². The Bertz CT molecular complexity index is 609. The lowest BCUT2D eigenvalue weighted by atomic mass is 10.0. The summed E-state index contributed by atoms with van der Waals surface area (Å²) < 4.78 is 0. The van der Waals surface area contributed by atoms with Crippen LogP contribution in [-0.4, -0.2) is 10.9 Å². The predicted molar refractivity (Wildman–Crippen MR) is 66.1 cm³/mol. The number of nitriles is 1. The van der Waals surface area contributed by atoms with E-state index in [2.05, 4.69) is 6.07 Å². The Morgan fingerprint density at radius 1 is 1.28 bits per heavy atom. The van der Waals surface area contributed by atoms with E-state index in [0.717, 1.165) is 5.56 Å². The SMILES string of the molecule is N#Cc1ccc(CC(=O)c2c[c]ccc2O)cc1. The van der Waals surface area contributed by atoms with Crippen LogP contribution in [0.2, 0.25) is 0 Å². The highest BCUT2D eigenvalue weighted by atomic mass is 16.3. The zero-order valence-electron chi connectivity index (χ0n) is 9.55. The Morgan fingerprint density at radius 2 is 2.00 bits per heavy atom. The summed E-state index contributed by atoms with van der Waals surface area (Å²) in [5.74, 6) is -0.207. The minimum absolute atomic E-state index is 0.0348. The van der Waals surface area contributed by atoms with E-state index < -0.39 is 0 Å². The van der Waals surface area contributed by atoms with Gasteiger partial charge in [0.05, 0.1) is 17.2 Å². The number of nitrogens with zero attached hydrogens (tertiary/aromatic N) is 1. The molecular formula is C15H10NO2. The van der Waals surface area contributed by atoms with Crippen LogP contribution in [0.5, 0.6) is 5.75 Å². The van der Waals surface area contributed by atoms with Gasteiger partial charge in [-0.2, -0.15) is 5.26 Å². The van der Waals surface area contributed by atoms with E-state index in [1.807, 2.05) is 6.07 Å². The summed E-state index contributed by atoms with van der Waals surface area (Å²) in [6.45, 7) is 0. The van der Waals surface area contributed by atoms with Crippen LogP contribution in [0.1, 0.15) is 21.5 Å². The molecule has 0 unspecified atom stereocenters. The van der Waals surface area contributed by atoms with Gasteiger partial charge in [0.15, 0.2) is 5.78 Å². The van der Waals surface area contributed by atoms with E-state index in [1.165, 1.54) is 12.1 Å². The first-order chi connectivity index (χ1) is 8.70. The summed E-state index contributed by atoms with van der Waals surface area (Å²) in [6, 6.07) is 16.0. The summed E-state index contributed by atoms with van der Waals surface area (Å²) in [5, 5.41) is 18.2. The number of carbonyl (C=O) groups is 1. The highest BCUT2D eigenvalue weighted by molar-refractivity contribution is 5.99. The number of aromatic hydroxyl groups is 1. The van der Waals surface area contributed by atoms with Crippen molar-refractivity contribution in [3.63, 3.8) is 0 Å². The van der Waals surface area contributed by atoms with Gasteiger partial charge in [-0.05, 0) is 35.9 Å². The Kier molecular flexibility index (Phi) is 3.40. The van der Waals surface area contributed by atoms with Crippen LogP contribution < -0.4 is 0 Å². The number of hydrogen-bond donors (Lipinski definition) is 1. The fourth-order valence-electron chi connectivity index (χ4n) is 1.62. The Balaban J connectivity index is 2.17. The molecule has 0 aliphatic rings. The molecule has 0 saturated heterocycles. The molecule has 3 heteroatoms. The molecule has 1 radical (unpaired) electrons. The molecule has 0 saturated carbocycles. The molecule has 2 rings (SSSR count). The average molecular weight is 236 g/mol. The first-order valence-electron chi connectivity index (χ1n) is 5.42. The van der Waals surface area contributed by atoms with E-state index >= 15 is 0 Å². The summed E-state index contributed by atoms with van der Waals surface area (Å²) in [6.07, 6.45) is 0.192. The second kappa shape index (κ2) is 5.15. The van der Waals surface area contributed by atoms with Gasteiger partial charge >= 0.3 is 0 Å². The van der Waals surface area contributed by atoms with Crippen molar-refractivity contribution in [1.82, 2.24) is 0 Å². The van der Waals surface area contributed by atoms with Crippen LogP contribution in [0, 0.1) is 17.4 Å². The van der Waals surface area contributed by atoms with E-state index in [-0.39, 0.29) is 23.5 Å². The van der Waals surface area contributed by atoms with Crippen LogP contribution >= 0.6 is 0 Å². The lowest BCUT2D eigenvalue weighted by Gasteiger charge is -2.03. The molecule has 0 amide bonds. The van der Waals surface area contributed by atoms with Gasteiger partial charge in [-0.1, -0.05) is 18.2 Å². The van der Waals surface area contributed by atoms with Gasteiger partial charge in [0, 0.05) is 6.42 Å². The maximum atomic E-state index is 11.9. The standard InChI is InChI=1S/C15H10NO2/c16-10-12-7-5-11(6-8-12)9-15(18)13-3-1-2-4-14(13)17/h2-8,17H,9H2. The number of hydrogen-bond acceptors (Lipinski definition) is 3. The molecule has 0 heterocycles. The van der Waals surface area contributed by atoms with Crippen LogP contribution in [0.3, 0.4) is 0 Å². The minimum atomic E-state index is -0.172. The lowest BCUT2D eigenvalue weighted by molar-refractivity contribution is 0.0990. The van der Waals surface area contributed by atoms with Gasteiger partial charge < -0.3 is 5.11 Å². The topological polar surface area (TPSA) is 61.1 Å². The number of rotatable bonds is 3. The number of Topliss-reactive ketones (excluding diaryl/α,β-unsaturated/α-hetero) is 1. The molecule has 0 fully saturated rings. The first-order valence-corrected chi connectivity index (χ1v) is 5.42. The van der Waals surface area contributed by atoms with Gasteiger partial charge in [-0.25, -0.2) is 0 Å². The van der Waals surface area contributed by atoms with Gasteiger partial charge in [-0.15, -0.1) is 0 Å². The van der Waals surface area contributed by atoms with Crippen molar-refractivity contribution in [3.8, 4) is 11.8 Å². The quantitative estimate of drug-likeness (QED) is 0.833. The van der Waals surface area contributed by atoms with Crippen LogP contribution in [0.15, 0.2) is 42.5 Å². The van der Waals surface area contributed by atoms with E-state index in [4.69, 9.17) is 5.26 Å². The molecule has 1 N–H and O–H groups in total. The third kappa shape index (κ3) is 2.55. The van der Waals surface area contributed by atoms with E-state index in [0.29, 0.717) is 5.56 Å². The summed E-state index contributed by atoms with van der Waals surface area (Å²) in [7, 11) is 0. The monoisotopic (exact) mass is 236 g/mol. The van der Waals surface area contributed by atoms with Crippen molar-refractivity contribution in [1.29, 1.82) is 5.26 Å². The highest BCUT2D eigenvalue weighted by Crippen LogP contribution is 2.18. The second-order valence-electron chi connectivity index (χ2n) is 3.85. The van der Waals surface area contributed by atoms with Crippen LogP contribution in [-0.2, 0) is 6.42 Å². The smallest absolute Gasteiger partial charge is 0.170 e. The Hall–Kier alpha value is -2.60. The third-order valence-corrected chi connectivity index (χ3v) is 2.59. The molecule has 0 spiro atoms. The highest BCUT2D eigenvalue weighted by Gasteiger charge is 2.10. The molecule has 87 valence electrons. The van der Waals surface area contributed by atoms with Crippen molar-refractivity contribution in [2.45, 2.75) is 6.42 Å². The molecule has 0 aliphatic heterocycles. The van der Waals surface area contributed by atoms with E-state index in [9.17, 15) is 9.90 Å². The number of phenolic OH excluding ortho intramolecular Hbond substituents is 1. The average Bonchev–Trinajstić information content (AvgIpc) is 2.40.